The van der Waals surface area contributed by atoms with E-state index < -0.39 is 5.82 Å². The number of aliphatic hydroxyl groups excluding tert-OH is 1. The lowest BCUT2D eigenvalue weighted by Gasteiger charge is -2.12. The van der Waals surface area contributed by atoms with Crippen molar-refractivity contribution < 1.29 is 19.0 Å². The highest BCUT2D eigenvalue weighted by Crippen LogP contribution is 2.19. The lowest BCUT2D eigenvalue weighted by molar-refractivity contribution is -0.129. The molecular weight excluding hydrogens is 225 g/mol. The molecular formula is C12H16FNO3. The maximum absolute atomic E-state index is 12.9. The number of carbonyl (C=O) groups excluding carboxylic acids is 1. The van der Waals surface area contributed by atoms with Crippen molar-refractivity contribution in [3.05, 3.63) is 29.6 Å². The molecule has 0 aliphatic heterocycles. The molecule has 0 radical (unpaired) electrons. The normalized spacial score (nSPS) is 10.1. The monoisotopic (exact) mass is 241 g/mol. The van der Waals surface area contributed by atoms with Crippen molar-refractivity contribution in [3.63, 3.8) is 0 Å². The van der Waals surface area contributed by atoms with Crippen LogP contribution < -0.4 is 4.74 Å². The molecule has 0 aliphatic carbocycles. The number of carbonyl (C=O) groups is 1. The molecule has 0 aliphatic rings. The van der Waals surface area contributed by atoms with Crippen LogP contribution in [0.4, 0.5) is 4.39 Å². The number of hydrogen-bond acceptors (Lipinski definition) is 3. The number of aliphatic hydroxyl groups is 1. The van der Waals surface area contributed by atoms with Gasteiger partial charge in [0.15, 0.2) is 0 Å². The molecule has 1 amide bonds. The Labute approximate surface area is 99.6 Å². The van der Waals surface area contributed by atoms with Gasteiger partial charge in [-0.2, -0.15) is 0 Å². The number of rotatable bonds is 5. The predicted octanol–water partition coefficient (Wildman–Crippen LogP) is 1.18. The van der Waals surface area contributed by atoms with E-state index in [9.17, 15) is 9.18 Å². The molecule has 0 bridgehead atoms. The van der Waals surface area contributed by atoms with Crippen LogP contribution >= 0.6 is 0 Å². The predicted molar refractivity (Wildman–Crippen MR) is 61.1 cm³/mol. The summed E-state index contributed by atoms with van der Waals surface area (Å²) in [4.78, 5) is 12.8. The average molecular weight is 241 g/mol. The number of benzene rings is 1. The highest BCUT2D eigenvalue weighted by Gasteiger charge is 2.07. The first-order chi connectivity index (χ1) is 8.04. The summed E-state index contributed by atoms with van der Waals surface area (Å²) in [7, 11) is 3.33. The lowest BCUT2D eigenvalue weighted by Crippen LogP contribution is -2.23. The van der Waals surface area contributed by atoms with Gasteiger partial charge in [0.05, 0.1) is 19.6 Å². The Balaban J connectivity index is 2.54. The fraction of sp³-hybridized carbons (Fsp3) is 0.417. The molecule has 0 saturated carbocycles. The summed E-state index contributed by atoms with van der Waals surface area (Å²) < 4.78 is 18.2. The Morgan fingerprint density at radius 2 is 2.18 bits per heavy atom. The molecule has 0 saturated heterocycles. The van der Waals surface area contributed by atoms with Crippen LogP contribution in [0.2, 0.25) is 0 Å². The Bertz CT molecular complexity index is 393. The number of nitrogens with zero attached hydrogens (tertiary/aromatic N) is 1. The van der Waals surface area contributed by atoms with Crippen LogP contribution in [-0.2, 0) is 11.4 Å². The van der Waals surface area contributed by atoms with E-state index in [4.69, 9.17) is 9.84 Å². The van der Waals surface area contributed by atoms with Gasteiger partial charge in [-0.1, -0.05) is 0 Å². The van der Waals surface area contributed by atoms with E-state index in [1.807, 2.05) is 0 Å². The molecule has 0 spiro atoms. The zero-order chi connectivity index (χ0) is 12.8. The van der Waals surface area contributed by atoms with Gasteiger partial charge in [0, 0.05) is 19.7 Å². The Morgan fingerprint density at radius 3 is 2.76 bits per heavy atom. The van der Waals surface area contributed by atoms with Crippen LogP contribution in [-0.4, -0.2) is 36.6 Å². The minimum Gasteiger partial charge on any atom is -0.493 e. The van der Waals surface area contributed by atoms with Gasteiger partial charge in [-0.05, 0) is 18.2 Å². The lowest BCUT2D eigenvalue weighted by atomic mass is 10.2. The molecule has 1 rings (SSSR count). The van der Waals surface area contributed by atoms with Gasteiger partial charge in [-0.25, -0.2) is 4.39 Å². The van der Waals surface area contributed by atoms with Gasteiger partial charge in [-0.15, -0.1) is 0 Å². The highest BCUT2D eigenvalue weighted by atomic mass is 19.1. The first kappa shape index (κ1) is 13.4. The molecule has 17 heavy (non-hydrogen) atoms. The average Bonchev–Trinajstić information content (AvgIpc) is 2.30. The molecule has 0 atom stereocenters. The summed E-state index contributed by atoms with van der Waals surface area (Å²) in [5, 5.41) is 9.02. The summed E-state index contributed by atoms with van der Waals surface area (Å²) in [6, 6.07) is 3.91. The first-order valence-corrected chi connectivity index (χ1v) is 5.27. The van der Waals surface area contributed by atoms with Crippen molar-refractivity contribution in [2.24, 2.45) is 0 Å². The van der Waals surface area contributed by atoms with Crippen LogP contribution in [0, 0.1) is 5.82 Å². The molecule has 0 unspecified atom stereocenters. The Kier molecular flexibility index (Phi) is 4.90. The van der Waals surface area contributed by atoms with Crippen LogP contribution in [0.3, 0.4) is 0 Å². The minimum atomic E-state index is -0.425. The third-order valence-corrected chi connectivity index (χ3v) is 2.27. The smallest absolute Gasteiger partial charge is 0.225 e. The summed E-state index contributed by atoms with van der Waals surface area (Å²) >= 11 is 0. The van der Waals surface area contributed by atoms with Crippen molar-refractivity contribution in [2.45, 2.75) is 13.0 Å². The zero-order valence-electron chi connectivity index (χ0n) is 9.94. The van der Waals surface area contributed by atoms with Crippen molar-refractivity contribution >= 4 is 5.91 Å². The van der Waals surface area contributed by atoms with Gasteiger partial charge in [-0.3, -0.25) is 4.79 Å². The maximum atomic E-state index is 12.9. The largest absolute Gasteiger partial charge is 0.493 e. The van der Waals surface area contributed by atoms with E-state index in [2.05, 4.69) is 0 Å². The Morgan fingerprint density at radius 1 is 1.47 bits per heavy atom. The number of halogens is 1. The molecule has 4 nitrogen and oxygen atoms in total. The van der Waals surface area contributed by atoms with E-state index in [1.54, 1.807) is 14.1 Å². The van der Waals surface area contributed by atoms with E-state index in [0.29, 0.717) is 11.3 Å². The molecule has 94 valence electrons. The number of ether oxygens (including phenoxy) is 1. The molecule has 0 fully saturated rings. The minimum absolute atomic E-state index is 0.0438. The molecule has 0 aromatic heterocycles. The number of hydrogen-bond donors (Lipinski definition) is 1. The molecule has 1 aromatic carbocycles. The topological polar surface area (TPSA) is 49.8 Å². The van der Waals surface area contributed by atoms with Gasteiger partial charge >= 0.3 is 0 Å². The van der Waals surface area contributed by atoms with Gasteiger partial charge < -0.3 is 14.7 Å². The molecule has 1 N–H and O–H groups in total. The molecule has 1 aromatic rings. The second-order valence-corrected chi connectivity index (χ2v) is 3.80. The van der Waals surface area contributed by atoms with Gasteiger partial charge in [0.1, 0.15) is 11.6 Å². The fourth-order valence-electron chi connectivity index (χ4n) is 1.28. The van der Waals surface area contributed by atoms with Gasteiger partial charge in [0.25, 0.3) is 0 Å². The van der Waals surface area contributed by atoms with Crippen molar-refractivity contribution in [3.8, 4) is 5.75 Å². The van der Waals surface area contributed by atoms with Crippen LogP contribution in [0.5, 0.6) is 5.75 Å². The van der Waals surface area contributed by atoms with E-state index >= 15 is 0 Å². The first-order valence-electron chi connectivity index (χ1n) is 5.27. The zero-order valence-corrected chi connectivity index (χ0v) is 9.94. The van der Waals surface area contributed by atoms with E-state index in [1.165, 1.54) is 23.1 Å². The van der Waals surface area contributed by atoms with E-state index in [0.717, 1.165) is 0 Å². The van der Waals surface area contributed by atoms with Crippen LogP contribution in [0.15, 0.2) is 18.2 Å². The third kappa shape index (κ3) is 4.03. The standard InChI is InChI=1S/C12H16FNO3/c1-14(2)12(16)5-6-17-11-4-3-10(13)7-9(11)8-15/h3-4,7,15H,5-6,8H2,1-2H3. The summed E-state index contributed by atoms with van der Waals surface area (Å²) in [5.41, 5.74) is 0.377. The highest BCUT2D eigenvalue weighted by molar-refractivity contribution is 5.75. The SMILES string of the molecule is CN(C)C(=O)CCOc1ccc(F)cc1CO. The Hall–Kier alpha value is -1.62. The van der Waals surface area contributed by atoms with Crippen molar-refractivity contribution in [1.82, 2.24) is 4.90 Å². The second-order valence-electron chi connectivity index (χ2n) is 3.80. The summed E-state index contributed by atoms with van der Waals surface area (Å²) in [6.07, 6.45) is 0.245. The van der Waals surface area contributed by atoms with Gasteiger partial charge in [0.2, 0.25) is 5.91 Å². The van der Waals surface area contributed by atoms with Crippen molar-refractivity contribution in [1.29, 1.82) is 0 Å². The van der Waals surface area contributed by atoms with Crippen LogP contribution in [0.1, 0.15) is 12.0 Å². The fourth-order valence-corrected chi connectivity index (χ4v) is 1.28. The summed E-state index contributed by atoms with van der Waals surface area (Å²) in [6.45, 7) is -0.0929. The molecule has 5 heteroatoms. The molecule has 0 heterocycles. The maximum Gasteiger partial charge on any atom is 0.225 e. The summed E-state index contributed by atoms with van der Waals surface area (Å²) in [5.74, 6) is -0.0658. The van der Waals surface area contributed by atoms with E-state index in [-0.39, 0.29) is 25.5 Å². The second kappa shape index (κ2) is 6.20. The quantitative estimate of drug-likeness (QED) is 0.842. The third-order valence-electron chi connectivity index (χ3n) is 2.27. The van der Waals surface area contributed by atoms with Crippen LogP contribution in [0.25, 0.3) is 0 Å². The number of amides is 1. The van der Waals surface area contributed by atoms with Crippen molar-refractivity contribution in [2.75, 3.05) is 20.7 Å².